The van der Waals surface area contributed by atoms with Crippen LogP contribution in [0.3, 0.4) is 0 Å². The van der Waals surface area contributed by atoms with E-state index in [-0.39, 0.29) is 30.2 Å². The van der Waals surface area contributed by atoms with Crippen molar-refractivity contribution in [3.8, 4) is 11.4 Å². The fraction of sp³-hybridized carbons (Fsp3) is 0.167. The first-order valence-electron chi connectivity index (χ1n) is 14.8. The lowest BCUT2D eigenvalue weighted by Crippen LogP contribution is -2.29. The lowest BCUT2D eigenvalue weighted by Gasteiger charge is -2.28. The number of aromatic carboxylic acids is 1. The molecule has 46 heavy (non-hydrogen) atoms. The van der Waals surface area contributed by atoms with Gasteiger partial charge in [-0.05, 0) is 111 Å². The van der Waals surface area contributed by atoms with E-state index >= 15 is 0 Å². The standard InChI is InChI=1S/C36H33N5O4S/c1-22-12-13-25(35(43)44)20-31(22)40-23(2)19-29(24(40)3)34-33(30-11-7-8-18-37-30)39-36(46)41(34)27-16-14-26(15-17-27)38-32(42)21-45-28-9-5-4-6-10-28/h4-20,33-34H,21H2,1-3H3,(H,38,42)(H,39,46)(H,43,44)/t33-,34+/m0/s1. The van der Waals surface area contributed by atoms with Gasteiger partial charge in [0.1, 0.15) is 5.75 Å². The Labute approximate surface area is 272 Å². The van der Waals surface area contributed by atoms with Gasteiger partial charge in [0, 0.05) is 34.6 Å². The molecule has 1 aliphatic heterocycles. The molecule has 10 heteroatoms. The highest BCUT2D eigenvalue weighted by Gasteiger charge is 2.42. The van der Waals surface area contributed by atoms with Crippen LogP contribution in [0.25, 0.3) is 5.69 Å². The van der Waals surface area contributed by atoms with E-state index < -0.39 is 5.97 Å². The highest BCUT2D eigenvalue weighted by Crippen LogP contribution is 2.44. The number of aryl methyl sites for hydroxylation is 2. The minimum atomic E-state index is -0.973. The molecule has 1 aliphatic rings. The second-order valence-corrected chi connectivity index (χ2v) is 11.5. The van der Waals surface area contributed by atoms with Gasteiger partial charge in [0.25, 0.3) is 5.91 Å². The zero-order chi connectivity index (χ0) is 32.4. The largest absolute Gasteiger partial charge is 0.484 e. The van der Waals surface area contributed by atoms with Gasteiger partial charge >= 0.3 is 5.97 Å². The summed E-state index contributed by atoms with van der Waals surface area (Å²) in [4.78, 5) is 31.1. The van der Waals surface area contributed by atoms with Crippen molar-refractivity contribution in [3.63, 3.8) is 0 Å². The first-order chi connectivity index (χ1) is 22.2. The van der Waals surface area contributed by atoms with Gasteiger partial charge in [-0.25, -0.2) is 4.79 Å². The number of para-hydroxylation sites is 1. The molecule has 0 unspecified atom stereocenters. The average Bonchev–Trinajstić information content (AvgIpc) is 3.55. The van der Waals surface area contributed by atoms with Gasteiger partial charge in [-0.15, -0.1) is 0 Å². The van der Waals surface area contributed by atoms with Crippen molar-refractivity contribution in [1.29, 1.82) is 0 Å². The number of anilines is 2. The Bertz CT molecular complexity index is 1910. The Morgan fingerprint density at radius 2 is 1.70 bits per heavy atom. The second-order valence-electron chi connectivity index (χ2n) is 11.2. The summed E-state index contributed by atoms with van der Waals surface area (Å²) in [6.45, 7) is 5.93. The third kappa shape index (κ3) is 6.07. The lowest BCUT2D eigenvalue weighted by molar-refractivity contribution is -0.118. The number of aromatic nitrogens is 2. The van der Waals surface area contributed by atoms with Crippen molar-refractivity contribution in [2.24, 2.45) is 0 Å². The van der Waals surface area contributed by atoms with E-state index in [9.17, 15) is 14.7 Å². The Morgan fingerprint density at radius 1 is 0.957 bits per heavy atom. The van der Waals surface area contributed by atoms with Crippen LogP contribution in [-0.2, 0) is 4.79 Å². The van der Waals surface area contributed by atoms with Crippen molar-refractivity contribution in [1.82, 2.24) is 14.9 Å². The molecular formula is C36H33N5O4S. The molecule has 1 saturated heterocycles. The maximum Gasteiger partial charge on any atom is 0.335 e. The quantitative estimate of drug-likeness (QED) is 0.155. The summed E-state index contributed by atoms with van der Waals surface area (Å²) in [5.74, 6) is -0.613. The van der Waals surface area contributed by atoms with Crippen molar-refractivity contribution >= 4 is 40.6 Å². The summed E-state index contributed by atoms with van der Waals surface area (Å²) in [5.41, 5.74) is 7.27. The number of thiocarbonyl (C=S) groups is 1. The van der Waals surface area contributed by atoms with Crippen molar-refractivity contribution < 1.29 is 19.4 Å². The SMILES string of the molecule is Cc1ccc(C(=O)O)cc1-n1c(C)cc([C@@H]2[C@H](c3ccccn3)NC(=S)N2c2ccc(NC(=O)COc3ccccc3)cc2)c1C. The molecule has 0 bridgehead atoms. The molecule has 0 saturated carbocycles. The van der Waals surface area contributed by atoms with E-state index in [1.165, 1.54) is 0 Å². The molecule has 3 heterocycles. The summed E-state index contributed by atoms with van der Waals surface area (Å²) in [6.07, 6.45) is 1.77. The number of nitrogens with zero attached hydrogens (tertiary/aromatic N) is 3. The van der Waals surface area contributed by atoms with Crippen LogP contribution < -0.4 is 20.3 Å². The van der Waals surface area contributed by atoms with Crippen LogP contribution >= 0.6 is 12.2 Å². The number of benzene rings is 3. The summed E-state index contributed by atoms with van der Waals surface area (Å²) in [7, 11) is 0. The summed E-state index contributed by atoms with van der Waals surface area (Å²) < 4.78 is 7.67. The molecule has 6 rings (SSSR count). The van der Waals surface area contributed by atoms with Gasteiger partial charge in [0.2, 0.25) is 0 Å². The molecule has 0 aliphatic carbocycles. The molecule has 232 valence electrons. The van der Waals surface area contributed by atoms with Gasteiger partial charge in [0.15, 0.2) is 11.7 Å². The number of carbonyl (C=O) groups excluding carboxylic acids is 1. The van der Waals surface area contributed by atoms with Crippen molar-refractivity contribution in [2.75, 3.05) is 16.8 Å². The first kappa shape index (κ1) is 30.5. The Hall–Kier alpha value is -5.48. The molecule has 0 spiro atoms. The van der Waals surface area contributed by atoms with Crippen LogP contribution in [0.15, 0.2) is 103 Å². The minimum Gasteiger partial charge on any atom is -0.484 e. The highest BCUT2D eigenvalue weighted by atomic mass is 32.1. The molecule has 3 aromatic carbocycles. The number of rotatable bonds is 9. The molecule has 1 fully saturated rings. The van der Waals surface area contributed by atoms with Crippen LogP contribution in [0.2, 0.25) is 0 Å². The number of carboxylic acid groups (broad SMARTS) is 1. The van der Waals surface area contributed by atoms with E-state index in [2.05, 4.69) is 31.2 Å². The lowest BCUT2D eigenvalue weighted by atomic mass is 9.96. The monoisotopic (exact) mass is 631 g/mol. The molecule has 1 amide bonds. The Kier molecular flexibility index (Phi) is 8.54. The van der Waals surface area contributed by atoms with E-state index in [0.717, 1.165) is 39.6 Å². The third-order valence-corrected chi connectivity index (χ3v) is 8.44. The van der Waals surface area contributed by atoms with E-state index in [4.69, 9.17) is 17.0 Å². The Balaban J connectivity index is 1.33. The first-order valence-corrected chi connectivity index (χ1v) is 15.2. The number of pyridine rings is 1. The van der Waals surface area contributed by atoms with Crippen molar-refractivity contribution in [2.45, 2.75) is 32.9 Å². The fourth-order valence-electron chi connectivity index (χ4n) is 5.96. The number of hydrogen-bond donors (Lipinski definition) is 3. The number of ether oxygens (including phenoxy) is 1. The Morgan fingerprint density at radius 3 is 2.39 bits per heavy atom. The predicted octanol–water partition coefficient (Wildman–Crippen LogP) is 6.69. The normalized spacial score (nSPS) is 15.8. The summed E-state index contributed by atoms with van der Waals surface area (Å²) in [6, 6.07) is 29.3. The van der Waals surface area contributed by atoms with E-state index in [1.54, 1.807) is 30.5 Å². The smallest absolute Gasteiger partial charge is 0.335 e. The second kappa shape index (κ2) is 12.9. The molecule has 2 atom stereocenters. The van der Waals surface area contributed by atoms with Crippen molar-refractivity contribution in [3.05, 3.63) is 137 Å². The predicted molar refractivity (Wildman–Crippen MR) is 182 cm³/mol. The number of hydrogen-bond acceptors (Lipinski definition) is 5. The maximum absolute atomic E-state index is 12.6. The maximum atomic E-state index is 12.6. The van der Waals surface area contributed by atoms with Crippen LogP contribution in [0.4, 0.5) is 11.4 Å². The van der Waals surface area contributed by atoms with Crippen LogP contribution in [0.1, 0.15) is 50.7 Å². The highest BCUT2D eigenvalue weighted by molar-refractivity contribution is 7.80. The van der Waals surface area contributed by atoms with Crippen LogP contribution in [-0.4, -0.2) is 38.3 Å². The zero-order valence-electron chi connectivity index (χ0n) is 25.6. The number of carboxylic acids is 1. The molecular weight excluding hydrogens is 598 g/mol. The van der Waals surface area contributed by atoms with Crippen LogP contribution in [0, 0.1) is 20.8 Å². The number of nitrogens with one attached hydrogen (secondary N) is 2. The molecule has 3 N–H and O–H groups in total. The summed E-state index contributed by atoms with van der Waals surface area (Å²) >= 11 is 5.93. The van der Waals surface area contributed by atoms with E-state index in [1.807, 2.05) is 87.5 Å². The molecule has 9 nitrogen and oxygen atoms in total. The molecule has 2 aromatic heterocycles. The van der Waals surface area contributed by atoms with Gasteiger partial charge in [-0.1, -0.05) is 30.3 Å². The fourth-order valence-corrected chi connectivity index (χ4v) is 6.30. The third-order valence-electron chi connectivity index (χ3n) is 8.13. The molecule has 5 aromatic rings. The van der Waals surface area contributed by atoms with Gasteiger partial charge in [-0.2, -0.15) is 0 Å². The number of carbonyl (C=O) groups is 2. The summed E-state index contributed by atoms with van der Waals surface area (Å²) in [5, 5.41) is 16.6. The van der Waals surface area contributed by atoms with Gasteiger partial charge < -0.3 is 29.9 Å². The average molecular weight is 632 g/mol. The van der Waals surface area contributed by atoms with Crippen LogP contribution in [0.5, 0.6) is 5.75 Å². The molecule has 0 radical (unpaired) electrons. The minimum absolute atomic E-state index is 0.107. The topological polar surface area (TPSA) is 109 Å². The van der Waals surface area contributed by atoms with Gasteiger partial charge in [0.05, 0.1) is 23.3 Å². The van der Waals surface area contributed by atoms with Gasteiger partial charge in [-0.3, -0.25) is 9.78 Å². The number of amides is 1. The zero-order valence-corrected chi connectivity index (χ0v) is 26.4. The van der Waals surface area contributed by atoms with E-state index in [0.29, 0.717) is 16.5 Å².